The summed E-state index contributed by atoms with van der Waals surface area (Å²) in [6, 6.07) is 13.0. The number of sulfone groups is 1. The molecule has 0 saturated heterocycles. The van der Waals surface area contributed by atoms with Gasteiger partial charge in [0.25, 0.3) is 0 Å². The molecular formula is C15H17NO2S3. The smallest absolute Gasteiger partial charge is 0.175 e. The molecule has 0 amide bonds. The van der Waals surface area contributed by atoms with E-state index in [4.69, 9.17) is 5.73 Å². The summed E-state index contributed by atoms with van der Waals surface area (Å²) in [5, 5.41) is 0. The fourth-order valence-electron chi connectivity index (χ4n) is 1.92. The maximum absolute atomic E-state index is 11.5. The second-order valence-electron chi connectivity index (χ2n) is 4.49. The fraction of sp³-hybridized carbons (Fsp3) is 0.200. The van der Waals surface area contributed by atoms with E-state index in [2.05, 4.69) is 6.07 Å². The van der Waals surface area contributed by atoms with Crippen molar-refractivity contribution in [2.45, 2.75) is 26.1 Å². The van der Waals surface area contributed by atoms with Gasteiger partial charge >= 0.3 is 0 Å². The number of benzene rings is 2. The summed E-state index contributed by atoms with van der Waals surface area (Å²) < 4.78 is 22.9. The SMILES string of the molecule is CSc1cccc(Sc2ccc(S(C)(=O)=O)cc2)c1CN. The Morgan fingerprint density at radius 3 is 2.19 bits per heavy atom. The van der Waals surface area contributed by atoms with Crippen molar-refractivity contribution in [2.75, 3.05) is 12.5 Å². The Hall–Kier alpha value is -0.950. The molecule has 0 aromatic heterocycles. The van der Waals surface area contributed by atoms with Gasteiger partial charge in [0, 0.05) is 27.5 Å². The van der Waals surface area contributed by atoms with Crippen LogP contribution in [0.1, 0.15) is 5.56 Å². The molecule has 2 aromatic carbocycles. The van der Waals surface area contributed by atoms with Crippen LogP contribution < -0.4 is 5.73 Å². The van der Waals surface area contributed by atoms with E-state index in [1.807, 2.05) is 30.5 Å². The van der Waals surface area contributed by atoms with E-state index in [-0.39, 0.29) is 0 Å². The van der Waals surface area contributed by atoms with E-state index in [0.717, 1.165) is 15.4 Å². The second kappa shape index (κ2) is 6.87. The van der Waals surface area contributed by atoms with Crippen LogP contribution in [-0.4, -0.2) is 20.9 Å². The average Bonchev–Trinajstić information content (AvgIpc) is 2.46. The zero-order valence-corrected chi connectivity index (χ0v) is 14.3. The molecule has 0 unspecified atom stereocenters. The van der Waals surface area contributed by atoms with Crippen LogP contribution >= 0.6 is 23.5 Å². The third-order valence-electron chi connectivity index (χ3n) is 2.99. The van der Waals surface area contributed by atoms with Gasteiger partial charge < -0.3 is 5.73 Å². The molecule has 0 bridgehead atoms. The summed E-state index contributed by atoms with van der Waals surface area (Å²) in [5.41, 5.74) is 6.98. The van der Waals surface area contributed by atoms with E-state index in [0.29, 0.717) is 11.4 Å². The van der Waals surface area contributed by atoms with E-state index in [1.165, 1.54) is 11.2 Å². The van der Waals surface area contributed by atoms with Crippen molar-refractivity contribution in [3.05, 3.63) is 48.0 Å². The Morgan fingerprint density at radius 2 is 1.67 bits per heavy atom. The Balaban J connectivity index is 2.30. The molecule has 0 atom stereocenters. The fourth-order valence-corrected chi connectivity index (χ4v) is 4.25. The first-order chi connectivity index (χ1) is 9.95. The first-order valence-electron chi connectivity index (χ1n) is 6.29. The van der Waals surface area contributed by atoms with Crippen molar-refractivity contribution in [2.24, 2.45) is 5.73 Å². The van der Waals surface area contributed by atoms with Crippen LogP contribution in [0.5, 0.6) is 0 Å². The molecule has 2 N–H and O–H groups in total. The molecule has 6 heteroatoms. The van der Waals surface area contributed by atoms with Gasteiger partial charge in [0.15, 0.2) is 9.84 Å². The van der Waals surface area contributed by atoms with Crippen LogP contribution in [0.2, 0.25) is 0 Å². The van der Waals surface area contributed by atoms with Gasteiger partial charge in [-0.3, -0.25) is 0 Å². The summed E-state index contributed by atoms with van der Waals surface area (Å²) in [6.07, 6.45) is 3.24. The Morgan fingerprint density at radius 1 is 1.05 bits per heavy atom. The molecule has 0 aliphatic rings. The normalized spacial score (nSPS) is 11.6. The van der Waals surface area contributed by atoms with E-state index in [9.17, 15) is 8.42 Å². The molecule has 0 heterocycles. The molecule has 0 fully saturated rings. The maximum Gasteiger partial charge on any atom is 0.175 e. The molecule has 0 saturated carbocycles. The first kappa shape index (κ1) is 16.4. The predicted molar refractivity (Wildman–Crippen MR) is 89.8 cm³/mol. The highest BCUT2D eigenvalue weighted by Gasteiger charge is 2.10. The molecule has 112 valence electrons. The van der Waals surface area contributed by atoms with E-state index < -0.39 is 9.84 Å². The lowest BCUT2D eigenvalue weighted by Gasteiger charge is -2.11. The van der Waals surface area contributed by atoms with Gasteiger partial charge in [-0.05, 0) is 48.2 Å². The lowest BCUT2D eigenvalue weighted by atomic mass is 10.2. The third-order valence-corrected chi connectivity index (χ3v) is 6.05. The Kier molecular flexibility index (Phi) is 5.37. The Bertz CT molecular complexity index is 725. The van der Waals surface area contributed by atoms with Crippen molar-refractivity contribution < 1.29 is 8.42 Å². The van der Waals surface area contributed by atoms with Gasteiger partial charge in [-0.15, -0.1) is 11.8 Å². The molecule has 3 nitrogen and oxygen atoms in total. The highest BCUT2D eigenvalue weighted by molar-refractivity contribution is 8.00. The molecule has 0 aliphatic heterocycles. The third kappa shape index (κ3) is 4.03. The number of thioether (sulfide) groups is 1. The second-order valence-corrected chi connectivity index (χ2v) is 8.47. The molecule has 0 radical (unpaired) electrons. The van der Waals surface area contributed by atoms with Gasteiger partial charge in [-0.25, -0.2) is 8.42 Å². The van der Waals surface area contributed by atoms with Gasteiger partial charge in [0.1, 0.15) is 0 Å². The van der Waals surface area contributed by atoms with Crippen LogP contribution in [0, 0.1) is 0 Å². The summed E-state index contributed by atoms with van der Waals surface area (Å²) in [6.45, 7) is 0.487. The minimum Gasteiger partial charge on any atom is -0.326 e. The first-order valence-corrected chi connectivity index (χ1v) is 10.2. The van der Waals surface area contributed by atoms with Crippen molar-refractivity contribution in [1.82, 2.24) is 0 Å². The Labute approximate surface area is 134 Å². The maximum atomic E-state index is 11.5. The van der Waals surface area contributed by atoms with Crippen LogP contribution in [0.4, 0.5) is 0 Å². The van der Waals surface area contributed by atoms with Crippen LogP contribution in [-0.2, 0) is 16.4 Å². The molecule has 0 spiro atoms. The molecule has 0 aliphatic carbocycles. The number of hydrogen-bond donors (Lipinski definition) is 1. The number of hydrogen-bond acceptors (Lipinski definition) is 5. The molecular weight excluding hydrogens is 322 g/mol. The van der Waals surface area contributed by atoms with Crippen LogP contribution in [0.25, 0.3) is 0 Å². The summed E-state index contributed by atoms with van der Waals surface area (Å²) in [5.74, 6) is 0. The highest BCUT2D eigenvalue weighted by atomic mass is 32.2. The van der Waals surface area contributed by atoms with E-state index >= 15 is 0 Å². The molecule has 2 rings (SSSR count). The van der Waals surface area contributed by atoms with Crippen molar-refractivity contribution in [3.63, 3.8) is 0 Å². The number of nitrogens with two attached hydrogens (primary N) is 1. The van der Waals surface area contributed by atoms with Crippen LogP contribution in [0.15, 0.2) is 62.0 Å². The molecule has 21 heavy (non-hydrogen) atoms. The zero-order chi connectivity index (χ0) is 15.5. The highest BCUT2D eigenvalue weighted by Crippen LogP contribution is 2.34. The topological polar surface area (TPSA) is 60.2 Å². The quantitative estimate of drug-likeness (QED) is 0.846. The standard InChI is InChI=1S/C15H17NO2S3/c1-19-14-4-3-5-15(13(14)10-16)20-11-6-8-12(9-7-11)21(2,17)18/h3-9H,10,16H2,1-2H3. The van der Waals surface area contributed by atoms with Crippen molar-refractivity contribution in [3.8, 4) is 0 Å². The zero-order valence-electron chi connectivity index (χ0n) is 11.9. The monoisotopic (exact) mass is 339 g/mol. The van der Waals surface area contributed by atoms with Gasteiger partial charge in [-0.2, -0.15) is 0 Å². The number of rotatable bonds is 5. The van der Waals surface area contributed by atoms with E-state index in [1.54, 1.807) is 35.7 Å². The lowest BCUT2D eigenvalue weighted by molar-refractivity contribution is 0.602. The minimum absolute atomic E-state index is 0.337. The summed E-state index contributed by atoms with van der Waals surface area (Å²) >= 11 is 3.28. The van der Waals surface area contributed by atoms with Gasteiger partial charge in [0.2, 0.25) is 0 Å². The van der Waals surface area contributed by atoms with Crippen molar-refractivity contribution >= 4 is 33.4 Å². The predicted octanol–water partition coefficient (Wildman–Crippen LogP) is 3.42. The molecule has 2 aromatic rings. The van der Waals surface area contributed by atoms with Gasteiger partial charge in [-0.1, -0.05) is 17.8 Å². The largest absolute Gasteiger partial charge is 0.326 e. The van der Waals surface area contributed by atoms with Crippen LogP contribution in [0.3, 0.4) is 0 Å². The lowest BCUT2D eigenvalue weighted by Crippen LogP contribution is -2.00. The summed E-state index contributed by atoms with van der Waals surface area (Å²) in [7, 11) is -3.15. The van der Waals surface area contributed by atoms with Crippen molar-refractivity contribution in [1.29, 1.82) is 0 Å². The average molecular weight is 340 g/mol. The minimum atomic E-state index is -3.15. The van der Waals surface area contributed by atoms with Gasteiger partial charge in [0.05, 0.1) is 4.90 Å². The summed E-state index contributed by atoms with van der Waals surface area (Å²) in [4.78, 5) is 3.62.